The summed E-state index contributed by atoms with van der Waals surface area (Å²) < 4.78 is 27.3. The van der Waals surface area contributed by atoms with Gasteiger partial charge in [0.1, 0.15) is 0 Å². The van der Waals surface area contributed by atoms with Gasteiger partial charge < -0.3 is 15.1 Å². The minimum absolute atomic E-state index is 0.0997. The highest BCUT2D eigenvalue weighted by Gasteiger charge is 2.28. The Hall–Kier alpha value is -3.69. The van der Waals surface area contributed by atoms with Crippen LogP contribution in [0.25, 0.3) is 0 Å². The number of carbonyl (C=O) groups is 2. The zero-order valence-corrected chi connectivity index (χ0v) is 21.4. The van der Waals surface area contributed by atoms with Crippen LogP contribution in [0.15, 0.2) is 83.8 Å². The number of piperazine rings is 1. The lowest BCUT2D eigenvalue weighted by molar-refractivity contribution is 0.0748. The van der Waals surface area contributed by atoms with Crippen LogP contribution in [0.5, 0.6) is 0 Å². The van der Waals surface area contributed by atoms with E-state index >= 15 is 0 Å². The number of anilines is 2. The van der Waals surface area contributed by atoms with Crippen LogP contribution in [0.3, 0.4) is 0 Å². The van der Waals surface area contributed by atoms with Crippen molar-refractivity contribution < 1.29 is 18.0 Å². The molecular weight excluding hydrogens is 488 g/mol. The minimum Gasteiger partial charge on any atom is -0.368 e. The highest BCUT2D eigenvalue weighted by atomic mass is 32.2. The summed E-state index contributed by atoms with van der Waals surface area (Å²) in [7, 11) is -3.64. The van der Waals surface area contributed by atoms with Crippen LogP contribution in [0.2, 0.25) is 0 Å². The molecule has 2 heterocycles. The molecule has 2 fully saturated rings. The molecule has 3 aromatic carbocycles. The molecule has 1 N–H and O–H groups in total. The molecule has 37 heavy (non-hydrogen) atoms. The van der Waals surface area contributed by atoms with Gasteiger partial charge in [0.25, 0.3) is 11.8 Å². The second kappa shape index (κ2) is 10.7. The molecule has 0 spiro atoms. The number of nitrogens with one attached hydrogen (secondary N) is 1. The minimum atomic E-state index is -3.64. The van der Waals surface area contributed by atoms with Gasteiger partial charge in [-0.2, -0.15) is 4.31 Å². The summed E-state index contributed by atoms with van der Waals surface area (Å²) in [5, 5.41) is 2.82. The van der Waals surface area contributed by atoms with Crippen molar-refractivity contribution in [1.82, 2.24) is 9.21 Å². The lowest BCUT2D eigenvalue weighted by Gasteiger charge is -2.36. The Balaban J connectivity index is 1.29. The van der Waals surface area contributed by atoms with Crippen molar-refractivity contribution in [2.75, 3.05) is 49.5 Å². The predicted octanol–water partition coefficient (Wildman–Crippen LogP) is 3.69. The maximum Gasteiger partial charge on any atom is 0.256 e. The number of carbonyl (C=O) groups excluding carboxylic acids is 2. The molecule has 2 amide bonds. The van der Waals surface area contributed by atoms with Crippen molar-refractivity contribution in [1.29, 1.82) is 0 Å². The van der Waals surface area contributed by atoms with E-state index in [1.807, 2.05) is 18.2 Å². The molecule has 5 rings (SSSR count). The Bertz CT molecular complexity index is 1380. The normalized spacial score (nSPS) is 16.5. The molecule has 2 aliphatic rings. The van der Waals surface area contributed by atoms with Crippen molar-refractivity contribution in [2.24, 2.45) is 0 Å². The Morgan fingerprint density at radius 1 is 0.730 bits per heavy atom. The van der Waals surface area contributed by atoms with E-state index in [9.17, 15) is 18.0 Å². The highest BCUT2D eigenvalue weighted by Crippen LogP contribution is 2.24. The first-order chi connectivity index (χ1) is 17.9. The van der Waals surface area contributed by atoms with Crippen LogP contribution in [0.1, 0.15) is 33.6 Å². The summed E-state index contributed by atoms with van der Waals surface area (Å²) >= 11 is 0. The van der Waals surface area contributed by atoms with Gasteiger partial charge in [0.05, 0.1) is 16.1 Å². The average molecular weight is 519 g/mol. The average Bonchev–Trinajstić information content (AvgIpc) is 3.50. The molecule has 2 aliphatic heterocycles. The number of hydrogen-bond acceptors (Lipinski definition) is 5. The van der Waals surface area contributed by atoms with E-state index in [4.69, 9.17) is 0 Å². The van der Waals surface area contributed by atoms with Crippen LogP contribution >= 0.6 is 0 Å². The fraction of sp³-hybridized carbons (Fsp3) is 0.286. The Morgan fingerprint density at radius 2 is 1.41 bits per heavy atom. The fourth-order valence-electron chi connectivity index (χ4n) is 4.83. The van der Waals surface area contributed by atoms with Crippen LogP contribution in [-0.4, -0.2) is 68.7 Å². The van der Waals surface area contributed by atoms with Crippen LogP contribution in [0.4, 0.5) is 11.4 Å². The predicted molar refractivity (Wildman–Crippen MR) is 143 cm³/mol. The third kappa shape index (κ3) is 5.38. The maximum absolute atomic E-state index is 13.4. The lowest BCUT2D eigenvalue weighted by Crippen LogP contribution is -2.48. The summed E-state index contributed by atoms with van der Waals surface area (Å²) in [6.07, 6.45) is 1.68. The standard InChI is InChI=1S/C28H30N4O4S/c33-27(22-9-8-12-24(21-22)37(35,36)32-15-6-7-16-32)29-26-14-5-4-13-25(26)28(34)31-19-17-30(18-20-31)23-10-2-1-3-11-23/h1-5,8-14,21H,6-7,15-20H2,(H,29,33). The fourth-order valence-corrected chi connectivity index (χ4v) is 6.39. The number of para-hydroxylation sites is 2. The molecule has 0 aromatic heterocycles. The first kappa shape index (κ1) is 25.0. The van der Waals surface area contributed by atoms with Gasteiger partial charge >= 0.3 is 0 Å². The Kier molecular flexibility index (Phi) is 7.25. The van der Waals surface area contributed by atoms with E-state index in [0.717, 1.165) is 31.6 Å². The van der Waals surface area contributed by atoms with E-state index in [-0.39, 0.29) is 16.4 Å². The smallest absolute Gasteiger partial charge is 0.256 e. The number of amides is 2. The lowest BCUT2D eigenvalue weighted by atomic mass is 10.1. The number of rotatable bonds is 6. The maximum atomic E-state index is 13.4. The zero-order valence-electron chi connectivity index (χ0n) is 20.5. The molecule has 0 unspecified atom stereocenters. The SMILES string of the molecule is O=C(Nc1ccccc1C(=O)N1CCN(c2ccccc2)CC1)c1cccc(S(=O)(=O)N2CCCC2)c1. The second-order valence-electron chi connectivity index (χ2n) is 9.25. The third-order valence-electron chi connectivity index (χ3n) is 6.89. The van der Waals surface area contributed by atoms with E-state index < -0.39 is 15.9 Å². The Morgan fingerprint density at radius 3 is 2.14 bits per heavy atom. The van der Waals surface area contributed by atoms with Crippen LogP contribution < -0.4 is 10.2 Å². The zero-order chi connectivity index (χ0) is 25.8. The van der Waals surface area contributed by atoms with Gasteiger partial charge in [-0.1, -0.05) is 36.4 Å². The number of hydrogen-bond donors (Lipinski definition) is 1. The van der Waals surface area contributed by atoms with Gasteiger partial charge in [-0.25, -0.2) is 8.42 Å². The first-order valence-corrected chi connectivity index (χ1v) is 14.0. The van der Waals surface area contributed by atoms with Crippen LogP contribution in [-0.2, 0) is 10.0 Å². The summed E-state index contributed by atoms with van der Waals surface area (Å²) in [4.78, 5) is 30.6. The number of nitrogens with zero attached hydrogens (tertiary/aromatic N) is 3. The summed E-state index contributed by atoms with van der Waals surface area (Å²) in [5.41, 5.74) is 2.16. The molecule has 192 valence electrons. The Labute approximate surface area is 217 Å². The molecule has 3 aromatic rings. The van der Waals surface area contributed by atoms with Gasteiger partial charge in [-0.05, 0) is 55.3 Å². The largest absolute Gasteiger partial charge is 0.368 e. The number of sulfonamides is 1. The molecular formula is C28H30N4O4S. The van der Waals surface area contributed by atoms with Gasteiger partial charge in [0.2, 0.25) is 10.0 Å². The van der Waals surface area contributed by atoms with Crippen molar-refractivity contribution >= 4 is 33.2 Å². The van der Waals surface area contributed by atoms with E-state index in [0.29, 0.717) is 37.4 Å². The second-order valence-corrected chi connectivity index (χ2v) is 11.2. The van der Waals surface area contributed by atoms with Gasteiger partial charge in [-0.3, -0.25) is 9.59 Å². The molecule has 0 saturated carbocycles. The van der Waals surface area contributed by atoms with Gasteiger partial charge in [-0.15, -0.1) is 0 Å². The molecule has 2 saturated heterocycles. The summed E-state index contributed by atoms with van der Waals surface area (Å²) in [5.74, 6) is -0.610. The quantitative estimate of drug-likeness (QED) is 0.538. The van der Waals surface area contributed by atoms with E-state index in [2.05, 4.69) is 22.3 Å². The molecule has 8 nitrogen and oxygen atoms in total. The third-order valence-corrected chi connectivity index (χ3v) is 8.79. The van der Waals surface area contributed by atoms with E-state index in [1.54, 1.807) is 41.3 Å². The number of benzene rings is 3. The highest BCUT2D eigenvalue weighted by molar-refractivity contribution is 7.89. The molecule has 0 atom stereocenters. The first-order valence-electron chi connectivity index (χ1n) is 12.5. The molecule has 0 aliphatic carbocycles. The van der Waals surface area contributed by atoms with Crippen molar-refractivity contribution in [3.05, 3.63) is 90.0 Å². The van der Waals surface area contributed by atoms with Crippen molar-refractivity contribution in [3.63, 3.8) is 0 Å². The van der Waals surface area contributed by atoms with Crippen molar-refractivity contribution in [2.45, 2.75) is 17.7 Å². The van der Waals surface area contributed by atoms with Gasteiger partial charge in [0, 0.05) is 50.5 Å². The summed E-state index contributed by atoms with van der Waals surface area (Å²) in [6, 6.07) is 23.1. The molecule has 9 heteroatoms. The molecule has 0 bridgehead atoms. The topological polar surface area (TPSA) is 90.0 Å². The van der Waals surface area contributed by atoms with E-state index in [1.165, 1.54) is 16.4 Å². The van der Waals surface area contributed by atoms with Crippen LogP contribution in [0, 0.1) is 0 Å². The van der Waals surface area contributed by atoms with Crippen molar-refractivity contribution in [3.8, 4) is 0 Å². The molecule has 0 radical (unpaired) electrons. The summed E-state index contributed by atoms with van der Waals surface area (Å²) in [6.45, 7) is 3.59. The van der Waals surface area contributed by atoms with Gasteiger partial charge in [0.15, 0.2) is 0 Å². The monoisotopic (exact) mass is 518 g/mol.